The van der Waals surface area contributed by atoms with Crippen LogP contribution in [0.2, 0.25) is 0 Å². The van der Waals surface area contributed by atoms with Crippen LogP contribution in [0.3, 0.4) is 0 Å². The van der Waals surface area contributed by atoms with E-state index in [1.807, 2.05) is 29.0 Å². The van der Waals surface area contributed by atoms with E-state index in [1.165, 1.54) is 80.7 Å². The van der Waals surface area contributed by atoms with Gasteiger partial charge in [0.05, 0.1) is 38.1 Å². The summed E-state index contributed by atoms with van der Waals surface area (Å²) in [4.78, 5) is 54.2. The normalized spacial score (nSPS) is 24.1. The van der Waals surface area contributed by atoms with E-state index in [4.69, 9.17) is 44.0 Å². The molecule has 2 saturated heterocycles. The third-order valence-corrected chi connectivity index (χ3v) is 19.6. The molecular weight excluding hydrogens is 1340 g/mol. The number of halogens is 7. The van der Waals surface area contributed by atoms with Gasteiger partial charge in [-0.2, -0.15) is 25.0 Å². The second-order valence-electron chi connectivity index (χ2n) is 24.3. The second kappa shape index (κ2) is 29.3. The maximum absolute atomic E-state index is 16.2. The van der Waals surface area contributed by atoms with Gasteiger partial charge >= 0.3 is 27.2 Å². The Labute approximate surface area is 554 Å². The molecular formula is C60H79F7N14O14P2. The standard InChI is InChI=1S/C27H37FN7O7P.C18H17F5NO4P.C15H21FN6O3.2H2/c1-15(2)40-24(37)16(3)33-43(38,42-18-9-7-6-8-10-18)39-13-19-21(36)27(4,28)25(41-19)35-14-30-20-22(34(5)17-11-12-17)31-26(29)32-23(20)35;1-9(2)27-18(25)10(3)24-29(26,28-11-7-5-4-6-8-11)17-15(22)13(20)12(19)14(21)16(17)23;1-15(16)10(24)8(5-23)25-13(15)22-6-18-9-11(21(2)7-3-4-7)19-14(17)20-12(9)22;;/h6-10,14-17,19,21,25,36H,11-13H2,1-5H3,(H,33,38)(H2,29,31,32);4-10H,1-3H3,(H,24,26);6-8,10,13,23-24H,3-5H2,1-2H3,(H2,17,19,20);2*1H/t16-,19+,21+,25+,27+,43+;10-,29-;8-,10-,13-,15-;;/m001../s1. The first-order valence-corrected chi connectivity index (χ1v) is 33.7. The van der Waals surface area contributed by atoms with Crippen LogP contribution in [0.4, 0.5) is 54.3 Å². The SMILES string of the molecule is CC(C)OC(=O)[C@H](C)N[P@@](=O)(OC[C@H]1O[C@@H](n2cnc3c(N(C)C4CC4)nc(N)nc32)[C@](C)(F)[C@@H]1O)Oc1ccccc1.CC(C)OC(=O)[C@H](C)N[P@@](=O)(Oc1ccccc1)c1c(F)c(F)c(F)c(F)c1F.CN(c1nc(N)nc2c1ncn2[C@@H]1O[C@H](CO)[C@@H](O)[C@@]1(C)F)C1CC1.[HH].[HH]. The van der Waals surface area contributed by atoms with Crippen molar-refractivity contribution < 1.29 is 100 Å². The Morgan fingerprint density at radius 2 is 1.04 bits per heavy atom. The van der Waals surface area contributed by atoms with E-state index in [0.717, 1.165) is 32.6 Å². The molecule has 2 saturated carbocycles. The lowest BCUT2D eigenvalue weighted by Gasteiger charge is -2.25. The number of hydrogen-bond donors (Lipinski definition) is 7. The molecule has 37 heteroatoms. The van der Waals surface area contributed by atoms with Crippen molar-refractivity contribution in [1.29, 1.82) is 0 Å². The van der Waals surface area contributed by atoms with Gasteiger partial charge in [0.25, 0.3) is 0 Å². The van der Waals surface area contributed by atoms with Gasteiger partial charge in [-0.15, -0.1) is 0 Å². The molecule has 0 amide bonds. The van der Waals surface area contributed by atoms with E-state index in [1.54, 1.807) is 50.2 Å². The lowest BCUT2D eigenvalue weighted by atomic mass is 9.98. The van der Waals surface area contributed by atoms with Gasteiger partial charge < -0.3 is 64.6 Å². The van der Waals surface area contributed by atoms with Gasteiger partial charge in [0.2, 0.25) is 17.7 Å². The number of para-hydroxylation sites is 2. The summed E-state index contributed by atoms with van der Waals surface area (Å²) in [5.41, 5.74) is 8.83. The molecule has 0 radical (unpaired) electrons. The van der Waals surface area contributed by atoms with Gasteiger partial charge in [-0.05, 0) is 105 Å². The van der Waals surface area contributed by atoms with Crippen molar-refractivity contribution in [3.05, 3.63) is 102 Å². The topological polar surface area (TPSA) is 363 Å². The van der Waals surface area contributed by atoms with Gasteiger partial charge in [-0.3, -0.25) is 27.8 Å². The van der Waals surface area contributed by atoms with Crippen LogP contribution in [0.1, 0.15) is 96.4 Å². The highest BCUT2D eigenvalue weighted by Crippen LogP contribution is 2.50. The minimum Gasteiger partial charge on any atom is -0.462 e. The largest absolute Gasteiger partial charge is 0.462 e. The zero-order chi connectivity index (χ0) is 71.0. The summed E-state index contributed by atoms with van der Waals surface area (Å²) in [5, 5.41) is 33.3. The molecule has 4 fully saturated rings. The van der Waals surface area contributed by atoms with Crippen LogP contribution < -0.4 is 45.8 Å². The minimum absolute atomic E-state index is 0. The first-order valence-electron chi connectivity index (χ1n) is 30.5. The number of rotatable bonds is 23. The predicted octanol–water partition coefficient (Wildman–Crippen LogP) is 7.81. The number of nitrogen functional groups attached to an aromatic ring is 2. The number of benzene rings is 3. The molecule has 2 aliphatic heterocycles. The van der Waals surface area contributed by atoms with E-state index in [9.17, 15) is 56.0 Å². The number of nitrogens with zero attached hydrogens (tertiary/aromatic N) is 10. The number of hydrogen-bond acceptors (Lipinski definition) is 24. The second-order valence-corrected chi connectivity index (χ2v) is 28.0. The minimum atomic E-state index is -5.04. The lowest BCUT2D eigenvalue weighted by Crippen LogP contribution is -2.41. The number of aliphatic hydroxyl groups is 3. The fourth-order valence-corrected chi connectivity index (χ4v) is 13.9. The van der Waals surface area contributed by atoms with E-state index in [-0.39, 0.29) is 31.9 Å². The number of esters is 2. The van der Waals surface area contributed by atoms with Crippen molar-refractivity contribution in [2.45, 2.75) is 166 Å². The Bertz CT molecular complexity index is 4050. The Hall–Kier alpha value is -7.85. The molecule has 28 nitrogen and oxygen atoms in total. The molecule has 3 aromatic carbocycles. The number of anilines is 4. The molecule has 9 N–H and O–H groups in total. The average molecular weight is 1420 g/mol. The molecule has 2 aliphatic carbocycles. The summed E-state index contributed by atoms with van der Waals surface area (Å²) in [6.45, 7) is 10.3. The van der Waals surface area contributed by atoms with Gasteiger partial charge in [-0.25, -0.2) is 50.4 Å². The van der Waals surface area contributed by atoms with Gasteiger partial charge in [0.1, 0.15) is 53.3 Å². The van der Waals surface area contributed by atoms with Crippen molar-refractivity contribution >= 4 is 78.4 Å². The third-order valence-electron chi connectivity index (χ3n) is 15.8. The van der Waals surface area contributed by atoms with Crippen LogP contribution in [-0.2, 0) is 42.2 Å². The molecule has 11 rings (SSSR count). The molecule has 0 unspecified atom stereocenters. The van der Waals surface area contributed by atoms with Crippen molar-refractivity contribution in [3.63, 3.8) is 0 Å². The monoisotopic (exact) mass is 1410 g/mol. The van der Waals surface area contributed by atoms with Crippen molar-refractivity contribution in [1.82, 2.24) is 49.2 Å². The predicted molar refractivity (Wildman–Crippen MR) is 341 cm³/mol. The number of nitrogens with two attached hydrogens (primary N) is 2. The van der Waals surface area contributed by atoms with Crippen LogP contribution in [-0.4, -0.2) is 166 Å². The highest BCUT2D eigenvalue weighted by molar-refractivity contribution is 7.65. The summed E-state index contributed by atoms with van der Waals surface area (Å²) in [6.07, 6.45) is -2.13. The molecule has 0 spiro atoms. The lowest BCUT2D eigenvalue weighted by molar-refractivity contribution is -0.149. The fourth-order valence-electron chi connectivity index (χ4n) is 10.4. The molecule has 4 aliphatic rings. The summed E-state index contributed by atoms with van der Waals surface area (Å²) >= 11 is 0. The van der Waals surface area contributed by atoms with Crippen molar-refractivity contribution in [3.8, 4) is 11.5 Å². The van der Waals surface area contributed by atoms with Crippen LogP contribution in [0.5, 0.6) is 11.5 Å². The van der Waals surface area contributed by atoms with Crippen molar-refractivity contribution in [2.24, 2.45) is 0 Å². The zero-order valence-electron chi connectivity index (χ0n) is 54.1. The first kappa shape index (κ1) is 73.4. The highest BCUT2D eigenvalue weighted by Gasteiger charge is 2.57. The molecule has 532 valence electrons. The number of nitrogens with one attached hydrogen (secondary N) is 2. The summed E-state index contributed by atoms with van der Waals surface area (Å²) in [5.74, 6) is -12.2. The van der Waals surface area contributed by atoms with Crippen LogP contribution >= 0.6 is 15.3 Å². The van der Waals surface area contributed by atoms with Gasteiger partial charge in [0, 0.05) is 29.0 Å². The van der Waals surface area contributed by atoms with Crippen molar-refractivity contribution in [2.75, 3.05) is 48.6 Å². The Balaban J connectivity index is 0.000000216. The maximum Gasteiger partial charge on any atom is 0.459 e. The first-order chi connectivity index (χ1) is 45.6. The summed E-state index contributed by atoms with van der Waals surface area (Å²) in [7, 11) is -5.54. The molecule has 6 heterocycles. The number of alkyl halides is 2. The molecule has 12 atom stereocenters. The van der Waals surface area contributed by atoms with Gasteiger partial charge in [-0.1, -0.05) is 36.4 Å². The molecule has 7 aromatic rings. The quantitative estimate of drug-likeness (QED) is 0.0105. The molecule has 4 aromatic heterocycles. The van der Waals surface area contributed by atoms with E-state index < -0.39 is 147 Å². The van der Waals surface area contributed by atoms with E-state index >= 15 is 8.78 Å². The van der Waals surface area contributed by atoms with E-state index in [0.29, 0.717) is 40.4 Å². The number of carbonyl (C=O) groups excluding carboxylic acids is 2. The van der Waals surface area contributed by atoms with Crippen LogP contribution in [0.25, 0.3) is 22.3 Å². The van der Waals surface area contributed by atoms with E-state index in [2.05, 4.69) is 35.0 Å². The Kier molecular flexibility index (Phi) is 22.2. The fraction of sp³-hybridized carbons (Fsp3) is 0.500. The zero-order valence-corrected chi connectivity index (χ0v) is 55.9. The van der Waals surface area contributed by atoms with Crippen LogP contribution in [0, 0.1) is 29.1 Å². The molecule has 0 bridgehead atoms. The number of fused-ring (bicyclic) bond motifs is 2. The summed E-state index contributed by atoms with van der Waals surface area (Å²) < 4.78 is 169. The third kappa shape index (κ3) is 16.0. The number of aromatic nitrogens is 8. The maximum atomic E-state index is 16.2. The highest BCUT2D eigenvalue weighted by atomic mass is 31.2. The number of imidazole rings is 2. The van der Waals surface area contributed by atoms with Gasteiger partial charge in [0.15, 0.2) is 81.0 Å². The smallest absolute Gasteiger partial charge is 0.459 e. The molecule has 97 heavy (non-hydrogen) atoms. The number of carbonyl (C=O) groups is 2. The number of ether oxygens (including phenoxy) is 4. The van der Waals surface area contributed by atoms with Crippen LogP contribution in [0.15, 0.2) is 73.3 Å². The Morgan fingerprint density at radius 1 is 0.649 bits per heavy atom. The summed E-state index contributed by atoms with van der Waals surface area (Å²) in [6, 6.07) is 13.2. The Morgan fingerprint density at radius 3 is 1.44 bits per heavy atom. The number of aliphatic hydroxyl groups excluding tert-OH is 3. The average Bonchev–Trinajstić information content (AvgIpc) is 1.72.